The Balaban J connectivity index is 2.03. The Morgan fingerprint density at radius 1 is 1.50 bits per heavy atom. The molecule has 0 aliphatic heterocycles. The smallest absolute Gasteiger partial charge is 0.287 e. The summed E-state index contributed by atoms with van der Waals surface area (Å²) in [6, 6.07) is 5.11. The van der Waals surface area contributed by atoms with Crippen molar-refractivity contribution in [1.82, 2.24) is 10.6 Å². The molecule has 0 atom stereocenters. The second-order valence-electron chi connectivity index (χ2n) is 3.75. The zero-order valence-electron chi connectivity index (χ0n) is 10.1. The molecule has 0 aliphatic carbocycles. The van der Waals surface area contributed by atoms with E-state index >= 15 is 0 Å². The van der Waals surface area contributed by atoms with Gasteiger partial charge in [-0.2, -0.15) is 0 Å². The normalized spacial score (nSPS) is 10.1. The fourth-order valence-electron chi connectivity index (χ4n) is 1.42. The minimum atomic E-state index is -0.672. The molecule has 0 unspecified atom stereocenters. The molecule has 8 heteroatoms. The van der Waals surface area contributed by atoms with Crippen molar-refractivity contribution in [2.45, 2.75) is 6.61 Å². The quantitative estimate of drug-likeness (QED) is 0.363. The van der Waals surface area contributed by atoms with Crippen molar-refractivity contribution in [1.29, 1.82) is 0 Å². The lowest BCUT2D eigenvalue weighted by Gasteiger charge is -2.04. The van der Waals surface area contributed by atoms with Gasteiger partial charge in [0.25, 0.3) is 5.91 Å². The van der Waals surface area contributed by atoms with Crippen molar-refractivity contribution in [2.75, 3.05) is 0 Å². The molecule has 0 fully saturated rings. The van der Waals surface area contributed by atoms with Gasteiger partial charge in [0.15, 0.2) is 23.0 Å². The maximum Gasteiger partial charge on any atom is 0.287 e. The molecule has 1 amide bonds. The van der Waals surface area contributed by atoms with Crippen LogP contribution in [0.4, 0.5) is 4.39 Å². The van der Waals surface area contributed by atoms with Crippen LogP contribution in [-0.2, 0) is 6.61 Å². The molecule has 0 aliphatic rings. The van der Waals surface area contributed by atoms with Gasteiger partial charge in [-0.3, -0.25) is 15.0 Å². The summed E-state index contributed by atoms with van der Waals surface area (Å²) in [5.41, 5.74) is 2.09. The number of hydrogen-bond donors (Lipinski definition) is 2. The number of aldehydes is 1. The molecule has 0 radical (unpaired) electrons. The van der Waals surface area contributed by atoms with Crippen LogP contribution < -0.4 is 16.0 Å². The van der Waals surface area contributed by atoms with Crippen molar-refractivity contribution in [3.63, 3.8) is 0 Å². The number of amides is 1. The summed E-state index contributed by atoms with van der Waals surface area (Å²) < 4.78 is 23.5. The number of nitrogens with one attached hydrogen (secondary N) is 1. The van der Waals surface area contributed by atoms with E-state index in [-0.39, 0.29) is 29.4 Å². The maximum absolute atomic E-state index is 13.5. The van der Waals surface area contributed by atoms with Gasteiger partial charge < -0.3 is 9.26 Å². The zero-order valence-corrected chi connectivity index (χ0v) is 10.1. The summed E-state index contributed by atoms with van der Waals surface area (Å²) in [4.78, 5) is 21.6. The number of ether oxygens (including phenoxy) is 1. The third-order valence-electron chi connectivity index (χ3n) is 2.38. The third kappa shape index (κ3) is 2.98. The molecule has 1 aromatic carbocycles. The van der Waals surface area contributed by atoms with Crippen molar-refractivity contribution in [3.8, 4) is 5.75 Å². The number of nitrogen functional groups attached to an aromatic ring is 1. The Hall–Kier alpha value is -2.74. The first-order chi connectivity index (χ1) is 9.63. The SMILES string of the molecule is NNC(=O)c1cc(COc2ccc(C=O)cc2F)on1. The lowest BCUT2D eigenvalue weighted by atomic mass is 10.2. The Bertz CT molecular complexity index is 641. The molecule has 3 N–H and O–H groups in total. The summed E-state index contributed by atoms with van der Waals surface area (Å²) >= 11 is 0. The van der Waals surface area contributed by atoms with Crippen LogP contribution in [0.25, 0.3) is 0 Å². The van der Waals surface area contributed by atoms with Crippen LogP contribution in [-0.4, -0.2) is 17.4 Å². The van der Waals surface area contributed by atoms with E-state index in [1.807, 2.05) is 5.43 Å². The predicted octanol–water partition coefficient (Wildman–Crippen LogP) is 0.809. The fraction of sp³-hybridized carbons (Fsp3) is 0.0833. The number of hydrogen-bond acceptors (Lipinski definition) is 6. The lowest BCUT2D eigenvalue weighted by Crippen LogP contribution is -2.30. The second-order valence-corrected chi connectivity index (χ2v) is 3.75. The molecule has 104 valence electrons. The minimum absolute atomic E-state index is 0.0112. The molecule has 2 aromatic rings. The van der Waals surface area contributed by atoms with Crippen molar-refractivity contribution in [3.05, 3.63) is 47.1 Å². The Labute approximate surface area is 112 Å². The van der Waals surface area contributed by atoms with E-state index in [1.165, 1.54) is 18.2 Å². The summed E-state index contributed by atoms with van der Waals surface area (Å²) in [5.74, 6) is 3.83. The lowest BCUT2D eigenvalue weighted by molar-refractivity contribution is 0.0944. The highest BCUT2D eigenvalue weighted by Crippen LogP contribution is 2.19. The molecular weight excluding hydrogens is 269 g/mol. The van der Waals surface area contributed by atoms with Gasteiger partial charge in [-0.1, -0.05) is 5.16 Å². The maximum atomic E-state index is 13.5. The van der Waals surface area contributed by atoms with Crippen LogP contribution in [0.1, 0.15) is 26.6 Å². The van der Waals surface area contributed by atoms with Crippen LogP contribution >= 0.6 is 0 Å². The van der Waals surface area contributed by atoms with Crippen LogP contribution in [0.5, 0.6) is 5.75 Å². The van der Waals surface area contributed by atoms with Gasteiger partial charge in [0.1, 0.15) is 12.9 Å². The van der Waals surface area contributed by atoms with E-state index in [1.54, 1.807) is 0 Å². The minimum Gasteiger partial charge on any atom is -0.482 e. The van der Waals surface area contributed by atoms with E-state index in [2.05, 4.69) is 5.16 Å². The largest absolute Gasteiger partial charge is 0.482 e. The molecule has 7 nitrogen and oxygen atoms in total. The molecular formula is C12H10FN3O4. The van der Waals surface area contributed by atoms with Gasteiger partial charge in [-0.25, -0.2) is 10.2 Å². The number of hydrazine groups is 1. The predicted molar refractivity (Wildman–Crippen MR) is 64.3 cm³/mol. The summed E-state index contributed by atoms with van der Waals surface area (Å²) in [6.45, 7) is -0.123. The van der Waals surface area contributed by atoms with Crippen LogP contribution in [0.3, 0.4) is 0 Å². The average Bonchev–Trinajstić information content (AvgIpc) is 2.94. The average molecular weight is 279 g/mol. The standard InChI is InChI=1S/C12H10FN3O4/c13-9-3-7(5-17)1-2-11(9)19-6-8-4-10(16-20-8)12(18)15-14/h1-5H,6,14H2,(H,15,18). The van der Waals surface area contributed by atoms with Gasteiger partial charge in [0, 0.05) is 11.6 Å². The van der Waals surface area contributed by atoms with Gasteiger partial charge in [0.2, 0.25) is 0 Å². The number of benzene rings is 1. The molecule has 0 saturated carbocycles. The number of carbonyl (C=O) groups is 2. The number of halogens is 1. The van der Waals surface area contributed by atoms with E-state index < -0.39 is 11.7 Å². The van der Waals surface area contributed by atoms with Gasteiger partial charge in [-0.15, -0.1) is 0 Å². The monoisotopic (exact) mass is 279 g/mol. The zero-order chi connectivity index (χ0) is 14.5. The number of aromatic nitrogens is 1. The second kappa shape index (κ2) is 5.93. The molecule has 1 aromatic heterocycles. The van der Waals surface area contributed by atoms with Crippen LogP contribution in [0, 0.1) is 5.82 Å². The molecule has 20 heavy (non-hydrogen) atoms. The van der Waals surface area contributed by atoms with Crippen LogP contribution in [0.2, 0.25) is 0 Å². The van der Waals surface area contributed by atoms with Crippen molar-refractivity contribution < 1.29 is 23.2 Å². The van der Waals surface area contributed by atoms with Crippen molar-refractivity contribution >= 4 is 12.2 Å². The number of nitrogens with two attached hydrogens (primary N) is 1. The molecule has 0 spiro atoms. The first-order valence-corrected chi connectivity index (χ1v) is 5.48. The topological polar surface area (TPSA) is 107 Å². The molecule has 1 heterocycles. The summed E-state index contributed by atoms with van der Waals surface area (Å²) in [6.07, 6.45) is 0.529. The van der Waals surface area contributed by atoms with E-state index in [0.29, 0.717) is 6.29 Å². The molecule has 0 saturated heterocycles. The first-order valence-electron chi connectivity index (χ1n) is 5.48. The Morgan fingerprint density at radius 2 is 2.30 bits per heavy atom. The van der Waals surface area contributed by atoms with Gasteiger partial charge >= 0.3 is 0 Å². The highest BCUT2D eigenvalue weighted by molar-refractivity contribution is 5.91. The highest BCUT2D eigenvalue weighted by Gasteiger charge is 2.12. The number of carbonyl (C=O) groups excluding carboxylic acids is 2. The Kier molecular flexibility index (Phi) is 4.06. The fourth-order valence-corrected chi connectivity index (χ4v) is 1.42. The first kappa shape index (κ1) is 13.7. The summed E-state index contributed by atoms with van der Waals surface area (Å²) in [7, 11) is 0. The molecule has 0 bridgehead atoms. The molecule has 2 rings (SSSR count). The highest BCUT2D eigenvalue weighted by atomic mass is 19.1. The van der Waals surface area contributed by atoms with E-state index in [4.69, 9.17) is 15.1 Å². The van der Waals surface area contributed by atoms with Crippen molar-refractivity contribution in [2.24, 2.45) is 5.84 Å². The van der Waals surface area contributed by atoms with E-state index in [0.717, 1.165) is 6.07 Å². The van der Waals surface area contributed by atoms with Gasteiger partial charge in [-0.05, 0) is 18.2 Å². The third-order valence-corrected chi connectivity index (χ3v) is 2.38. The van der Waals surface area contributed by atoms with E-state index in [9.17, 15) is 14.0 Å². The Morgan fingerprint density at radius 3 is 2.95 bits per heavy atom. The number of rotatable bonds is 5. The van der Waals surface area contributed by atoms with Crippen LogP contribution in [0.15, 0.2) is 28.8 Å². The van der Waals surface area contributed by atoms with Gasteiger partial charge in [0.05, 0.1) is 0 Å². The number of nitrogens with zero attached hydrogens (tertiary/aromatic N) is 1. The summed E-state index contributed by atoms with van der Waals surface area (Å²) in [5, 5.41) is 3.46.